The van der Waals surface area contributed by atoms with E-state index in [1.54, 1.807) is 0 Å². The zero-order valence-electron chi connectivity index (χ0n) is 11.1. The maximum Gasteiger partial charge on any atom is 0.0966 e. The summed E-state index contributed by atoms with van der Waals surface area (Å²) in [5.74, 6) is 0.660. The smallest absolute Gasteiger partial charge is 0.0966 e. The van der Waals surface area contributed by atoms with Crippen molar-refractivity contribution >= 4 is 23.7 Å². The van der Waals surface area contributed by atoms with Crippen molar-refractivity contribution in [2.75, 3.05) is 13.1 Å². The van der Waals surface area contributed by atoms with Gasteiger partial charge in [-0.1, -0.05) is 30.3 Å². The van der Waals surface area contributed by atoms with Gasteiger partial charge in [0.15, 0.2) is 0 Å². The highest BCUT2D eigenvalue weighted by Gasteiger charge is 2.20. The molecule has 1 aromatic carbocycles. The summed E-state index contributed by atoms with van der Waals surface area (Å²) in [5, 5.41) is 4.74. The first-order chi connectivity index (χ1) is 8.84. The normalized spacial score (nSPS) is 16.1. The van der Waals surface area contributed by atoms with Crippen LogP contribution < -0.4 is 5.32 Å². The third-order valence-corrected chi connectivity index (χ3v) is 4.91. The Balaban J connectivity index is 0.00000133. The van der Waals surface area contributed by atoms with E-state index in [2.05, 4.69) is 42.6 Å². The van der Waals surface area contributed by atoms with Gasteiger partial charge >= 0.3 is 0 Å². The summed E-state index contributed by atoms with van der Waals surface area (Å²) in [6.45, 7) is 4.39. The van der Waals surface area contributed by atoms with Crippen LogP contribution in [0.1, 0.15) is 29.5 Å². The third kappa shape index (κ3) is 3.16. The first-order valence-corrected chi connectivity index (χ1v) is 7.39. The molecule has 0 unspecified atom stereocenters. The number of piperidine rings is 1. The molecule has 0 radical (unpaired) electrons. The molecule has 0 saturated carbocycles. The Hall–Kier alpha value is -0.900. The number of benzene rings is 1. The van der Waals surface area contributed by atoms with E-state index in [0.29, 0.717) is 5.92 Å². The summed E-state index contributed by atoms with van der Waals surface area (Å²) >= 11 is 1.88. The van der Waals surface area contributed by atoms with Crippen molar-refractivity contribution in [2.24, 2.45) is 0 Å². The lowest BCUT2D eigenvalue weighted by atomic mass is 9.99. The van der Waals surface area contributed by atoms with Gasteiger partial charge in [0.25, 0.3) is 0 Å². The highest BCUT2D eigenvalue weighted by Crippen LogP contribution is 2.35. The van der Waals surface area contributed by atoms with Gasteiger partial charge in [-0.15, -0.1) is 23.7 Å². The molecule has 0 spiro atoms. The molecule has 1 fully saturated rings. The minimum atomic E-state index is 0. The summed E-state index contributed by atoms with van der Waals surface area (Å²) in [5.41, 5.74) is 2.48. The molecule has 0 atom stereocenters. The van der Waals surface area contributed by atoms with Crippen molar-refractivity contribution in [3.05, 3.63) is 41.0 Å². The van der Waals surface area contributed by atoms with Gasteiger partial charge in [-0.3, -0.25) is 0 Å². The first-order valence-electron chi connectivity index (χ1n) is 6.58. The van der Waals surface area contributed by atoms with Gasteiger partial charge in [0.1, 0.15) is 0 Å². The lowest BCUT2D eigenvalue weighted by molar-refractivity contribution is 0.459. The second-order valence-electron chi connectivity index (χ2n) is 4.86. The average Bonchev–Trinajstić information content (AvgIpc) is 2.83. The molecule has 0 amide bonds. The zero-order valence-corrected chi connectivity index (χ0v) is 12.7. The number of nitrogens with one attached hydrogen (secondary N) is 1. The SMILES string of the molecule is Cc1nc(C2CCNCC2)sc1-c1ccccc1.Cl. The molecule has 0 bridgehead atoms. The number of hydrogen-bond acceptors (Lipinski definition) is 3. The topological polar surface area (TPSA) is 24.9 Å². The number of aryl methyl sites for hydroxylation is 1. The van der Waals surface area contributed by atoms with Crippen molar-refractivity contribution in [1.29, 1.82) is 0 Å². The molecule has 102 valence electrons. The number of hydrogen-bond donors (Lipinski definition) is 1. The van der Waals surface area contributed by atoms with Crippen LogP contribution in [0.2, 0.25) is 0 Å². The molecule has 2 heterocycles. The molecule has 3 rings (SSSR count). The molecule has 0 aliphatic carbocycles. The summed E-state index contributed by atoms with van der Waals surface area (Å²) in [6, 6.07) is 10.6. The van der Waals surface area contributed by atoms with Gasteiger partial charge in [-0.05, 0) is 38.4 Å². The zero-order chi connectivity index (χ0) is 12.4. The standard InChI is InChI=1S/C15H18N2S.ClH/c1-11-14(12-5-3-2-4-6-12)18-15(17-11)13-7-9-16-10-8-13;/h2-6,13,16H,7-10H2,1H3;1H. The second kappa shape index (κ2) is 6.51. The maximum atomic E-state index is 4.80. The van der Waals surface area contributed by atoms with Crippen LogP contribution in [-0.4, -0.2) is 18.1 Å². The largest absolute Gasteiger partial charge is 0.317 e. The fourth-order valence-electron chi connectivity index (χ4n) is 2.52. The number of thiazole rings is 1. The van der Waals surface area contributed by atoms with Crippen LogP contribution in [-0.2, 0) is 0 Å². The number of nitrogens with zero attached hydrogens (tertiary/aromatic N) is 1. The molecular formula is C15H19ClN2S. The van der Waals surface area contributed by atoms with E-state index in [0.717, 1.165) is 13.1 Å². The van der Waals surface area contributed by atoms with E-state index >= 15 is 0 Å². The van der Waals surface area contributed by atoms with Gasteiger partial charge in [0.05, 0.1) is 15.6 Å². The van der Waals surface area contributed by atoms with Crippen LogP contribution in [0.15, 0.2) is 30.3 Å². The van der Waals surface area contributed by atoms with Crippen LogP contribution in [0.25, 0.3) is 10.4 Å². The van der Waals surface area contributed by atoms with Crippen molar-refractivity contribution in [3.8, 4) is 10.4 Å². The van der Waals surface area contributed by atoms with Gasteiger partial charge in [0, 0.05) is 5.92 Å². The number of rotatable bonds is 2. The fraction of sp³-hybridized carbons (Fsp3) is 0.400. The molecule has 1 saturated heterocycles. The van der Waals surface area contributed by atoms with E-state index in [-0.39, 0.29) is 12.4 Å². The van der Waals surface area contributed by atoms with Crippen LogP contribution in [0.5, 0.6) is 0 Å². The van der Waals surface area contributed by atoms with Crippen molar-refractivity contribution in [2.45, 2.75) is 25.7 Å². The molecule has 2 nitrogen and oxygen atoms in total. The molecule has 1 aromatic heterocycles. The molecule has 4 heteroatoms. The van der Waals surface area contributed by atoms with Crippen LogP contribution in [0, 0.1) is 6.92 Å². The van der Waals surface area contributed by atoms with E-state index in [1.165, 1.54) is 34.0 Å². The Morgan fingerprint density at radius 1 is 1.16 bits per heavy atom. The summed E-state index contributed by atoms with van der Waals surface area (Å²) < 4.78 is 0. The molecule has 1 N–H and O–H groups in total. The highest BCUT2D eigenvalue weighted by molar-refractivity contribution is 7.15. The first kappa shape index (κ1) is 14.5. The van der Waals surface area contributed by atoms with Crippen LogP contribution in [0.3, 0.4) is 0 Å². The van der Waals surface area contributed by atoms with Gasteiger partial charge in [-0.2, -0.15) is 0 Å². The van der Waals surface area contributed by atoms with Crippen molar-refractivity contribution in [3.63, 3.8) is 0 Å². The lowest BCUT2D eigenvalue weighted by Gasteiger charge is -2.20. The summed E-state index contributed by atoms with van der Waals surface area (Å²) in [4.78, 5) is 6.14. The predicted octanol–water partition coefficient (Wildman–Crippen LogP) is 4.01. The quantitative estimate of drug-likeness (QED) is 0.905. The Bertz CT molecular complexity index is 518. The van der Waals surface area contributed by atoms with Crippen molar-refractivity contribution < 1.29 is 0 Å². The number of halogens is 1. The predicted molar refractivity (Wildman–Crippen MR) is 84.4 cm³/mol. The number of aromatic nitrogens is 1. The van der Waals surface area contributed by atoms with E-state index < -0.39 is 0 Å². The van der Waals surface area contributed by atoms with E-state index in [4.69, 9.17) is 4.98 Å². The van der Waals surface area contributed by atoms with E-state index in [9.17, 15) is 0 Å². The third-order valence-electron chi connectivity index (χ3n) is 3.54. The average molecular weight is 295 g/mol. The van der Waals surface area contributed by atoms with Crippen molar-refractivity contribution in [1.82, 2.24) is 10.3 Å². The fourth-order valence-corrected chi connectivity index (χ4v) is 3.76. The van der Waals surface area contributed by atoms with Gasteiger partial charge < -0.3 is 5.32 Å². The molecule has 2 aromatic rings. The molecular weight excluding hydrogens is 276 g/mol. The minimum Gasteiger partial charge on any atom is -0.317 e. The molecule has 1 aliphatic heterocycles. The van der Waals surface area contributed by atoms with Gasteiger partial charge in [0.2, 0.25) is 0 Å². The lowest BCUT2D eigenvalue weighted by Crippen LogP contribution is -2.26. The summed E-state index contributed by atoms with van der Waals surface area (Å²) in [6.07, 6.45) is 2.45. The highest BCUT2D eigenvalue weighted by atomic mass is 35.5. The van der Waals surface area contributed by atoms with Crippen LogP contribution in [0.4, 0.5) is 0 Å². The minimum absolute atomic E-state index is 0. The Morgan fingerprint density at radius 2 is 1.84 bits per heavy atom. The van der Waals surface area contributed by atoms with Gasteiger partial charge in [-0.25, -0.2) is 4.98 Å². The van der Waals surface area contributed by atoms with E-state index in [1.807, 2.05) is 11.3 Å². The Kier molecular flexibility index (Phi) is 4.97. The van der Waals surface area contributed by atoms with Crippen LogP contribution >= 0.6 is 23.7 Å². The molecule has 19 heavy (non-hydrogen) atoms. The summed E-state index contributed by atoms with van der Waals surface area (Å²) in [7, 11) is 0. The Labute approximate surface area is 124 Å². The monoisotopic (exact) mass is 294 g/mol. The Morgan fingerprint density at radius 3 is 2.53 bits per heavy atom. The second-order valence-corrected chi connectivity index (χ2v) is 5.89. The maximum absolute atomic E-state index is 4.80. The molecule has 1 aliphatic rings.